The SMILES string of the molecule is O=C(COC(=O)c1ccccc1OCc1ccccc1)c1ccc(S(=O)(=O)N2CCOCC2)cc1. The van der Waals surface area contributed by atoms with Crippen LogP contribution >= 0.6 is 0 Å². The van der Waals surface area contributed by atoms with Gasteiger partial charge in [-0.25, -0.2) is 13.2 Å². The third-order valence-corrected chi connectivity index (χ3v) is 7.38. The Labute approximate surface area is 204 Å². The van der Waals surface area contributed by atoms with Crippen molar-refractivity contribution < 1.29 is 32.2 Å². The number of Topliss-reactive ketones (excluding diaryl/α,β-unsaturated/α-hetero) is 1. The van der Waals surface area contributed by atoms with Crippen LogP contribution in [0.1, 0.15) is 26.3 Å². The number of carbonyl (C=O) groups is 2. The molecule has 35 heavy (non-hydrogen) atoms. The van der Waals surface area contributed by atoms with Crippen LogP contribution in [-0.2, 0) is 26.1 Å². The minimum atomic E-state index is -3.65. The summed E-state index contributed by atoms with van der Waals surface area (Å²) in [6, 6.07) is 21.8. The molecule has 0 bridgehead atoms. The van der Waals surface area contributed by atoms with Gasteiger partial charge in [0.05, 0.1) is 18.1 Å². The molecule has 0 aliphatic carbocycles. The zero-order chi connectivity index (χ0) is 24.7. The van der Waals surface area contributed by atoms with Crippen molar-refractivity contribution in [2.45, 2.75) is 11.5 Å². The van der Waals surface area contributed by atoms with Crippen LogP contribution in [0.15, 0.2) is 83.8 Å². The summed E-state index contributed by atoms with van der Waals surface area (Å²) in [4.78, 5) is 25.3. The third kappa shape index (κ3) is 6.13. The van der Waals surface area contributed by atoms with Gasteiger partial charge in [0, 0.05) is 18.7 Å². The molecule has 0 aromatic heterocycles. The molecule has 1 saturated heterocycles. The lowest BCUT2D eigenvalue weighted by Gasteiger charge is -2.26. The molecule has 0 radical (unpaired) electrons. The van der Waals surface area contributed by atoms with Gasteiger partial charge in [0.15, 0.2) is 12.4 Å². The maximum absolute atomic E-state index is 12.7. The van der Waals surface area contributed by atoms with E-state index in [-0.39, 0.29) is 35.7 Å². The molecule has 1 fully saturated rings. The van der Waals surface area contributed by atoms with E-state index in [1.165, 1.54) is 28.6 Å². The number of carbonyl (C=O) groups excluding carboxylic acids is 2. The quantitative estimate of drug-likeness (QED) is 0.332. The monoisotopic (exact) mass is 495 g/mol. The van der Waals surface area contributed by atoms with Crippen LogP contribution in [0, 0.1) is 0 Å². The van der Waals surface area contributed by atoms with Gasteiger partial charge in [-0.05, 0) is 42.0 Å². The van der Waals surface area contributed by atoms with E-state index in [2.05, 4.69) is 0 Å². The molecule has 1 aliphatic rings. The summed E-state index contributed by atoms with van der Waals surface area (Å²) in [6.07, 6.45) is 0. The van der Waals surface area contributed by atoms with Crippen LogP contribution in [0.25, 0.3) is 0 Å². The Morgan fingerprint density at radius 3 is 2.23 bits per heavy atom. The highest BCUT2D eigenvalue weighted by atomic mass is 32.2. The number of hydrogen-bond acceptors (Lipinski definition) is 7. The van der Waals surface area contributed by atoms with Crippen LogP contribution < -0.4 is 4.74 Å². The Kier molecular flexibility index (Phi) is 7.91. The highest BCUT2D eigenvalue weighted by Crippen LogP contribution is 2.21. The van der Waals surface area contributed by atoms with Crippen molar-refractivity contribution >= 4 is 21.8 Å². The van der Waals surface area contributed by atoms with Gasteiger partial charge in [-0.1, -0.05) is 42.5 Å². The molecular weight excluding hydrogens is 470 g/mol. The Hall–Kier alpha value is -3.53. The van der Waals surface area contributed by atoms with Crippen LogP contribution in [0.2, 0.25) is 0 Å². The third-order valence-electron chi connectivity index (χ3n) is 5.46. The maximum Gasteiger partial charge on any atom is 0.342 e. The van der Waals surface area contributed by atoms with E-state index in [1.54, 1.807) is 24.3 Å². The van der Waals surface area contributed by atoms with Gasteiger partial charge in [0.1, 0.15) is 17.9 Å². The van der Waals surface area contributed by atoms with E-state index in [1.807, 2.05) is 30.3 Å². The summed E-state index contributed by atoms with van der Waals surface area (Å²) >= 11 is 0. The van der Waals surface area contributed by atoms with Crippen LogP contribution in [0.4, 0.5) is 0 Å². The Morgan fingerprint density at radius 1 is 0.857 bits per heavy atom. The first-order valence-corrected chi connectivity index (χ1v) is 12.5. The van der Waals surface area contributed by atoms with Crippen LogP contribution in [-0.4, -0.2) is 57.4 Å². The number of benzene rings is 3. The zero-order valence-corrected chi connectivity index (χ0v) is 19.8. The Morgan fingerprint density at radius 2 is 1.51 bits per heavy atom. The number of para-hydroxylation sites is 1. The molecule has 3 aromatic carbocycles. The highest BCUT2D eigenvalue weighted by molar-refractivity contribution is 7.89. The van der Waals surface area contributed by atoms with Gasteiger partial charge in [0.25, 0.3) is 0 Å². The normalized spacial score (nSPS) is 14.3. The molecule has 1 aliphatic heterocycles. The molecule has 3 aromatic rings. The number of nitrogens with zero attached hydrogens (tertiary/aromatic N) is 1. The van der Waals surface area contributed by atoms with Crippen molar-refractivity contribution in [2.24, 2.45) is 0 Å². The zero-order valence-electron chi connectivity index (χ0n) is 19.0. The number of ketones is 1. The number of esters is 1. The predicted molar refractivity (Wildman–Crippen MR) is 128 cm³/mol. The fourth-order valence-electron chi connectivity index (χ4n) is 3.54. The van der Waals surface area contributed by atoms with Gasteiger partial charge < -0.3 is 14.2 Å². The molecule has 0 N–H and O–H groups in total. The molecule has 1 heterocycles. The first-order chi connectivity index (χ1) is 16.9. The molecule has 0 unspecified atom stereocenters. The van der Waals surface area contributed by atoms with Gasteiger partial charge in [0.2, 0.25) is 10.0 Å². The van der Waals surface area contributed by atoms with Crippen molar-refractivity contribution in [1.82, 2.24) is 4.31 Å². The van der Waals surface area contributed by atoms with E-state index in [0.717, 1.165) is 5.56 Å². The van der Waals surface area contributed by atoms with Gasteiger partial charge in [-0.3, -0.25) is 4.79 Å². The fourth-order valence-corrected chi connectivity index (χ4v) is 4.95. The first kappa shape index (κ1) is 24.6. The topological polar surface area (TPSA) is 99.2 Å². The van der Waals surface area contributed by atoms with Crippen molar-refractivity contribution in [3.63, 3.8) is 0 Å². The minimum absolute atomic E-state index is 0.0948. The van der Waals surface area contributed by atoms with E-state index in [9.17, 15) is 18.0 Å². The van der Waals surface area contributed by atoms with E-state index in [4.69, 9.17) is 14.2 Å². The molecule has 0 saturated carbocycles. The smallest absolute Gasteiger partial charge is 0.342 e. The molecule has 182 valence electrons. The molecule has 8 nitrogen and oxygen atoms in total. The van der Waals surface area contributed by atoms with Crippen LogP contribution in [0.3, 0.4) is 0 Å². The van der Waals surface area contributed by atoms with Crippen LogP contribution in [0.5, 0.6) is 5.75 Å². The lowest BCUT2D eigenvalue weighted by Crippen LogP contribution is -2.40. The number of hydrogen-bond donors (Lipinski definition) is 0. The molecule has 9 heteroatoms. The van der Waals surface area contributed by atoms with Gasteiger partial charge in [-0.2, -0.15) is 4.31 Å². The largest absolute Gasteiger partial charge is 0.488 e. The number of morpholine rings is 1. The lowest BCUT2D eigenvalue weighted by molar-refractivity contribution is 0.0470. The molecule has 0 atom stereocenters. The molecule has 0 amide bonds. The van der Waals surface area contributed by atoms with Gasteiger partial charge in [-0.15, -0.1) is 0 Å². The van der Waals surface area contributed by atoms with E-state index in [0.29, 0.717) is 19.0 Å². The summed E-state index contributed by atoms with van der Waals surface area (Å²) in [5.74, 6) is -0.781. The summed E-state index contributed by atoms with van der Waals surface area (Å²) in [6.45, 7) is 1.07. The van der Waals surface area contributed by atoms with E-state index >= 15 is 0 Å². The second-order valence-corrected chi connectivity index (χ2v) is 9.75. The van der Waals surface area contributed by atoms with Crippen molar-refractivity contribution in [2.75, 3.05) is 32.9 Å². The minimum Gasteiger partial charge on any atom is -0.488 e. The number of sulfonamides is 1. The van der Waals surface area contributed by atoms with Gasteiger partial charge >= 0.3 is 5.97 Å². The first-order valence-electron chi connectivity index (χ1n) is 11.1. The standard InChI is InChI=1S/C26H25NO7S/c28-24(21-10-12-22(13-11-21)35(30,31)27-14-16-32-17-15-27)19-34-26(29)23-8-4-5-9-25(23)33-18-20-6-2-1-3-7-20/h1-13H,14-19H2. The lowest BCUT2D eigenvalue weighted by atomic mass is 10.1. The molecular formula is C26H25NO7S. The maximum atomic E-state index is 12.7. The average Bonchev–Trinajstić information content (AvgIpc) is 2.91. The summed E-state index contributed by atoms with van der Waals surface area (Å²) in [5.41, 5.74) is 1.40. The summed E-state index contributed by atoms with van der Waals surface area (Å²) in [5, 5.41) is 0. The summed E-state index contributed by atoms with van der Waals surface area (Å²) in [7, 11) is -3.65. The Balaban J connectivity index is 1.36. The number of ether oxygens (including phenoxy) is 3. The predicted octanol–water partition coefficient (Wildman–Crippen LogP) is 3.33. The second-order valence-electron chi connectivity index (χ2n) is 7.81. The second kappa shape index (κ2) is 11.3. The fraction of sp³-hybridized carbons (Fsp3) is 0.231. The Bertz CT molecular complexity index is 1270. The van der Waals surface area contributed by atoms with Crippen molar-refractivity contribution in [3.05, 3.63) is 95.6 Å². The average molecular weight is 496 g/mol. The molecule has 4 rings (SSSR count). The highest BCUT2D eigenvalue weighted by Gasteiger charge is 2.26. The van der Waals surface area contributed by atoms with Crippen molar-refractivity contribution in [1.29, 1.82) is 0 Å². The van der Waals surface area contributed by atoms with E-state index < -0.39 is 28.4 Å². The molecule has 0 spiro atoms. The summed E-state index contributed by atoms with van der Waals surface area (Å²) < 4.78 is 43.0. The number of rotatable bonds is 9. The van der Waals surface area contributed by atoms with Crippen molar-refractivity contribution in [3.8, 4) is 5.75 Å².